The lowest BCUT2D eigenvalue weighted by Gasteiger charge is -2.09. The van der Waals surface area contributed by atoms with E-state index in [9.17, 15) is 9.18 Å². The Hall–Kier alpha value is -2.80. The molecule has 0 aliphatic rings. The van der Waals surface area contributed by atoms with Crippen molar-refractivity contribution in [3.05, 3.63) is 58.9 Å². The molecule has 0 unspecified atom stereocenters. The van der Waals surface area contributed by atoms with Gasteiger partial charge in [-0.2, -0.15) is 0 Å². The largest absolute Gasteiger partial charge is 0.324 e. The molecule has 3 aromatic rings. The Bertz CT molecular complexity index is 904. The third-order valence-corrected chi connectivity index (χ3v) is 3.98. The number of pyridine rings is 2. The van der Waals surface area contributed by atoms with Gasteiger partial charge in [-0.25, -0.2) is 14.9 Å². The molecular weight excluding hydrogens is 299 g/mol. The van der Waals surface area contributed by atoms with Gasteiger partial charge in [0.15, 0.2) is 0 Å². The molecule has 0 aliphatic carbocycles. The number of aryl methyl sites for hydroxylation is 1. The van der Waals surface area contributed by atoms with E-state index in [1.807, 2.05) is 30.5 Å². The highest BCUT2D eigenvalue weighted by Gasteiger charge is 2.15. The first-order valence-corrected chi connectivity index (χ1v) is 7.02. The van der Waals surface area contributed by atoms with Crippen LogP contribution in [-0.2, 0) is 6.54 Å². The van der Waals surface area contributed by atoms with Gasteiger partial charge in [-0.15, -0.1) is 0 Å². The summed E-state index contributed by atoms with van der Waals surface area (Å²) in [4.78, 5) is 19.7. The normalized spacial score (nSPS) is 11.0. The summed E-state index contributed by atoms with van der Waals surface area (Å²) in [7, 11) is 0. The molecule has 118 valence electrons. The summed E-state index contributed by atoms with van der Waals surface area (Å²) >= 11 is 0. The molecule has 0 aromatic carbocycles. The molecule has 0 radical (unpaired) electrons. The van der Waals surface area contributed by atoms with Crippen molar-refractivity contribution in [2.75, 3.05) is 0 Å². The molecule has 0 saturated heterocycles. The molecule has 2 N–H and O–H groups in total. The summed E-state index contributed by atoms with van der Waals surface area (Å²) in [5.41, 5.74) is 4.44. The van der Waals surface area contributed by atoms with Crippen LogP contribution in [0.2, 0.25) is 0 Å². The van der Waals surface area contributed by atoms with Gasteiger partial charge < -0.3 is 4.57 Å². The van der Waals surface area contributed by atoms with Gasteiger partial charge in [0, 0.05) is 23.5 Å². The number of carbonyl (C=O) groups is 1. The quantitative estimate of drug-likeness (QED) is 0.574. The van der Waals surface area contributed by atoms with Gasteiger partial charge in [-0.05, 0) is 37.6 Å². The van der Waals surface area contributed by atoms with Crippen LogP contribution in [-0.4, -0.2) is 25.6 Å². The van der Waals surface area contributed by atoms with E-state index in [1.54, 1.807) is 6.20 Å². The van der Waals surface area contributed by atoms with E-state index in [4.69, 9.17) is 5.21 Å². The first-order valence-electron chi connectivity index (χ1n) is 7.02. The summed E-state index contributed by atoms with van der Waals surface area (Å²) in [5, 5.41) is 9.59. The fourth-order valence-electron chi connectivity index (χ4n) is 2.58. The van der Waals surface area contributed by atoms with Crippen molar-refractivity contribution in [1.82, 2.24) is 20.0 Å². The predicted molar refractivity (Wildman–Crippen MR) is 81.8 cm³/mol. The van der Waals surface area contributed by atoms with E-state index in [0.717, 1.165) is 28.4 Å². The molecular formula is C16H15FN4O2. The standard InChI is InChI=1S/C16H15FN4O2/c1-9-10(2)21(15-12(9)4-3-5-18-15)8-14-13(17)6-11(7-19-14)16(22)20-23/h3-7,23H,8H2,1-2H3,(H,20,22). The molecule has 3 heterocycles. The van der Waals surface area contributed by atoms with Crippen LogP contribution < -0.4 is 5.48 Å². The maximum Gasteiger partial charge on any atom is 0.276 e. The number of hydrogen-bond donors (Lipinski definition) is 2. The van der Waals surface area contributed by atoms with Gasteiger partial charge in [0.25, 0.3) is 5.91 Å². The minimum Gasteiger partial charge on any atom is -0.324 e. The summed E-state index contributed by atoms with van der Waals surface area (Å²) < 4.78 is 16.1. The lowest BCUT2D eigenvalue weighted by molar-refractivity contribution is 0.0705. The number of aromatic nitrogens is 3. The average molecular weight is 314 g/mol. The van der Waals surface area contributed by atoms with Crippen molar-refractivity contribution in [2.45, 2.75) is 20.4 Å². The van der Waals surface area contributed by atoms with E-state index in [-0.39, 0.29) is 17.8 Å². The second-order valence-corrected chi connectivity index (χ2v) is 5.26. The van der Waals surface area contributed by atoms with Crippen molar-refractivity contribution in [3.63, 3.8) is 0 Å². The van der Waals surface area contributed by atoms with E-state index >= 15 is 0 Å². The zero-order valence-corrected chi connectivity index (χ0v) is 12.7. The van der Waals surface area contributed by atoms with E-state index < -0.39 is 11.7 Å². The van der Waals surface area contributed by atoms with Crippen LogP contribution in [0.15, 0.2) is 30.6 Å². The van der Waals surface area contributed by atoms with Crippen molar-refractivity contribution in [2.24, 2.45) is 0 Å². The van der Waals surface area contributed by atoms with Crippen LogP contribution in [0.3, 0.4) is 0 Å². The molecule has 1 amide bonds. The zero-order chi connectivity index (χ0) is 16.6. The number of amides is 1. The van der Waals surface area contributed by atoms with Gasteiger partial charge in [-0.3, -0.25) is 15.0 Å². The van der Waals surface area contributed by atoms with E-state index in [2.05, 4.69) is 9.97 Å². The van der Waals surface area contributed by atoms with E-state index in [1.165, 1.54) is 11.7 Å². The zero-order valence-electron chi connectivity index (χ0n) is 12.7. The first kappa shape index (κ1) is 15.1. The number of nitrogens with zero attached hydrogens (tertiary/aromatic N) is 3. The molecule has 0 fully saturated rings. The number of hydrogen-bond acceptors (Lipinski definition) is 4. The Labute approximate surface area is 131 Å². The predicted octanol–water partition coefficient (Wildman–Crippen LogP) is 2.35. The molecule has 23 heavy (non-hydrogen) atoms. The Morgan fingerprint density at radius 1 is 1.39 bits per heavy atom. The molecule has 0 bridgehead atoms. The third-order valence-electron chi connectivity index (χ3n) is 3.98. The highest BCUT2D eigenvalue weighted by Crippen LogP contribution is 2.24. The number of hydroxylamine groups is 1. The second-order valence-electron chi connectivity index (χ2n) is 5.26. The van der Waals surface area contributed by atoms with Gasteiger partial charge in [0.2, 0.25) is 0 Å². The van der Waals surface area contributed by atoms with Crippen LogP contribution in [0, 0.1) is 19.7 Å². The molecule has 3 rings (SSSR count). The van der Waals surface area contributed by atoms with Crippen molar-refractivity contribution < 1.29 is 14.4 Å². The minimum absolute atomic E-state index is 0.0443. The van der Waals surface area contributed by atoms with E-state index in [0.29, 0.717) is 0 Å². The second kappa shape index (κ2) is 5.77. The van der Waals surface area contributed by atoms with Crippen LogP contribution in [0.5, 0.6) is 0 Å². The molecule has 0 atom stereocenters. The number of rotatable bonds is 3. The summed E-state index contributed by atoms with van der Waals surface area (Å²) in [6.45, 7) is 4.15. The Morgan fingerprint density at radius 2 is 2.17 bits per heavy atom. The fraction of sp³-hybridized carbons (Fsp3) is 0.188. The van der Waals surface area contributed by atoms with Gasteiger partial charge in [-0.1, -0.05) is 0 Å². The smallest absolute Gasteiger partial charge is 0.276 e. The number of carbonyl (C=O) groups excluding carboxylic acids is 1. The first-order chi connectivity index (χ1) is 11.0. The van der Waals surface area contributed by atoms with Crippen molar-refractivity contribution in [3.8, 4) is 0 Å². The lowest BCUT2D eigenvalue weighted by atomic mass is 10.2. The highest BCUT2D eigenvalue weighted by molar-refractivity contribution is 5.93. The van der Waals surface area contributed by atoms with Crippen LogP contribution in [0.1, 0.15) is 27.3 Å². The van der Waals surface area contributed by atoms with Gasteiger partial charge >= 0.3 is 0 Å². The molecule has 6 nitrogen and oxygen atoms in total. The summed E-state index contributed by atoms with van der Waals surface area (Å²) in [5.74, 6) is -1.41. The van der Waals surface area contributed by atoms with Gasteiger partial charge in [0.1, 0.15) is 11.5 Å². The monoisotopic (exact) mass is 314 g/mol. The average Bonchev–Trinajstić information content (AvgIpc) is 2.81. The fourth-order valence-corrected chi connectivity index (χ4v) is 2.58. The topological polar surface area (TPSA) is 80.0 Å². The molecule has 7 heteroatoms. The van der Waals surface area contributed by atoms with Crippen molar-refractivity contribution in [1.29, 1.82) is 0 Å². The Kier molecular flexibility index (Phi) is 3.79. The minimum atomic E-state index is -0.803. The SMILES string of the molecule is Cc1c(C)n(Cc2ncc(C(=O)NO)cc2F)c2ncccc12. The van der Waals surface area contributed by atoms with Crippen molar-refractivity contribution >= 4 is 16.9 Å². The highest BCUT2D eigenvalue weighted by atomic mass is 19.1. The number of fused-ring (bicyclic) bond motifs is 1. The molecule has 0 aliphatic heterocycles. The maximum atomic E-state index is 14.2. The molecule has 0 saturated carbocycles. The Balaban J connectivity index is 2.03. The van der Waals surface area contributed by atoms with Crippen LogP contribution in [0.4, 0.5) is 4.39 Å². The number of halogens is 1. The summed E-state index contributed by atoms with van der Waals surface area (Å²) in [6.07, 6.45) is 2.92. The maximum absolute atomic E-state index is 14.2. The molecule has 0 spiro atoms. The number of nitrogens with one attached hydrogen (secondary N) is 1. The van der Waals surface area contributed by atoms with Crippen LogP contribution in [0.25, 0.3) is 11.0 Å². The van der Waals surface area contributed by atoms with Gasteiger partial charge in [0.05, 0.1) is 17.8 Å². The Morgan fingerprint density at radius 3 is 2.87 bits per heavy atom. The molecule has 3 aromatic heterocycles. The lowest BCUT2D eigenvalue weighted by Crippen LogP contribution is -2.19. The van der Waals surface area contributed by atoms with Crippen LogP contribution >= 0.6 is 0 Å². The summed E-state index contributed by atoms with van der Waals surface area (Å²) in [6, 6.07) is 4.88. The third kappa shape index (κ3) is 2.55.